The number of halogens is 2. The molecule has 0 unspecified atom stereocenters. The molecule has 138 valence electrons. The molecular weight excluding hydrogens is 352 g/mol. The van der Waals surface area contributed by atoms with Crippen LogP contribution in [-0.4, -0.2) is 19.6 Å². The predicted octanol–water partition coefficient (Wildman–Crippen LogP) is 5.22. The van der Waals surface area contributed by atoms with E-state index >= 15 is 0 Å². The molecule has 3 aromatic carbocycles. The maximum atomic E-state index is 12.8. The van der Waals surface area contributed by atoms with Crippen molar-refractivity contribution in [2.45, 2.75) is 6.61 Å². The van der Waals surface area contributed by atoms with Gasteiger partial charge in [0.2, 0.25) is 0 Å². The number of amides is 1. The maximum absolute atomic E-state index is 12.8. The molecule has 0 aliphatic rings. The third-order valence-electron chi connectivity index (χ3n) is 3.89. The summed E-state index contributed by atoms with van der Waals surface area (Å²) < 4.78 is 35.3. The van der Waals surface area contributed by atoms with Crippen LogP contribution in [0, 0.1) is 0 Å². The monoisotopic (exact) mass is 369 g/mol. The van der Waals surface area contributed by atoms with Crippen molar-refractivity contribution in [2.24, 2.45) is 0 Å². The molecule has 1 amide bonds. The Morgan fingerprint density at radius 1 is 0.963 bits per heavy atom. The Balaban J connectivity index is 1.93. The number of benzene rings is 3. The van der Waals surface area contributed by atoms with E-state index in [2.05, 4.69) is 10.1 Å². The summed E-state index contributed by atoms with van der Waals surface area (Å²) in [5.41, 5.74) is 2.05. The van der Waals surface area contributed by atoms with Gasteiger partial charge in [0.1, 0.15) is 11.5 Å². The third kappa shape index (κ3) is 4.61. The number of carbonyl (C=O) groups is 1. The van der Waals surface area contributed by atoms with Crippen molar-refractivity contribution in [3.05, 3.63) is 78.4 Å². The van der Waals surface area contributed by atoms with Crippen LogP contribution in [0.25, 0.3) is 11.1 Å². The van der Waals surface area contributed by atoms with Gasteiger partial charge in [0.25, 0.3) is 5.91 Å². The minimum absolute atomic E-state index is 0.0212. The molecule has 0 aliphatic carbocycles. The highest BCUT2D eigenvalue weighted by molar-refractivity contribution is 6.04. The van der Waals surface area contributed by atoms with Crippen LogP contribution in [0.15, 0.2) is 72.8 Å². The number of hydrogen-bond donors (Lipinski definition) is 1. The largest absolute Gasteiger partial charge is 0.497 e. The van der Waals surface area contributed by atoms with Crippen LogP contribution in [0.4, 0.5) is 14.5 Å². The van der Waals surface area contributed by atoms with E-state index in [9.17, 15) is 13.6 Å². The molecule has 3 rings (SSSR count). The Morgan fingerprint density at radius 3 is 2.30 bits per heavy atom. The minimum Gasteiger partial charge on any atom is -0.497 e. The molecular formula is C21H17F2NO3. The molecule has 0 saturated heterocycles. The highest BCUT2D eigenvalue weighted by Gasteiger charge is 2.14. The fourth-order valence-corrected chi connectivity index (χ4v) is 2.60. The second-order valence-electron chi connectivity index (χ2n) is 5.64. The number of nitrogens with one attached hydrogen (secondary N) is 1. The molecule has 0 aromatic heterocycles. The summed E-state index contributed by atoms with van der Waals surface area (Å²) >= 11 is 0. The number of anilines is 1. The lowest BCUT2D eigenvalue weighted by Gasteiger charge is -2.14. The van der Waals surface area contributed by atoms with E-state index in [-0.39, 0.29) is 11.7 Å². The summed E-state index contributed by atoms with van der Waals surface area (Å²) in [4.78, 5) is 12.3. The van der Waals surface area contributed by atoms with Gasteiger partial charge in [-0.15, -0.1) is 0 Å². The maximum Gasteiger partial charge on any atom is 0.387 e. The molecule has 0 aliphatic heterocycles. The van der Waals surface area contributed by atoms with E-state index in [4.69, 9.17) is 4.74 Å². The fraction of sp³-hybridized carbons (Fsp3) is 0.0952. The van der Waals surface area contributed by atoms with E-state index in [0.29, 0.717) is 28.1 Å². The van der Waals surface area contributed by atoms with E-state index < -0.39 is 6.61 Å². The van der Waals surface area contributed by atoms with Crippen molar-refractivity contribution >= 4 is 11.6 Å². The molecule has 27 heavy (non-hydrogen) atoms. The van der Waals surface area contributed by atoms with Gasteiger partial charge in [0.05, 0.1) is 7.11 Å². The van der Waals surface area contributed by atoms with Crippen LogP contribution < -0.4 is 14.8 Å². The second-order valence-corrected chi connectivity index (χ2v) is 5.64. The SMILES string of the molecule is COc1ccc(-c2cc(NC(=O)c3ccccc3)ccc2OC(F)F)cc1. The van der Waals surface area contributed by atoms with Crippen LogP contribution >= 0.6 is 0 Å². The summed E-state index contributed by atoms with van der Waals surface area (Å²) in [6, 6.07) is 20.1. The molecule has 4 nitrogen and oxygen atoms in total. The third-order valence-corrected chi connectivity index (χ3v) is 3.89. The average Bonchev–Trinajstić information content (AvgIpc) is 2.69. The molecule has 0 spiro atoms. The normalized spacial score (nSPS) is 10.5. The fourth-order valence-electron chi connectivity index (χ4n) is 2.60. The van der Waals surface area contributed by atoms with Crippen molar-refractivity contribution in [3.8, 4) is 22.6 Å². The number of alkyl halides is 2. The van der Waals surface area contributed by atoms with Gasteiger partial charge in [-0.3, -0.25) is 4.79 Å². The summed E-state index contributed by atoms with van der Waals surface area (Å²) in [7, 11) is 1.54. The van der Waals surface area contributed by atoms with Crippen molar-refractivity contribution in [1.82, 2.24) is 0 Å². The lowest BCUT2D eigenvalue weighted by molar-refractivity contribution is -0.0494. The zero-order valence-electron chi connectivity index (χ0n) is 14.5. The first-order chi connectivity index (χ1) is 13.1. The Bertz CT molecular complexity index is 912. The lowest BCUT2D eigenvalue weighted by atomic mass is 10.0. The number of rotatable bonds is 6. The molecule has 0 radical (unpaired) electrons. The van der Waals surface area contributed by atoms with E-state index in [0.717, 1.165) is 0 Å². The van der Waals surface area contributed by atoms with E-state index in [1.807, 2.05) is 6.07 Å². The zero-order chi connectivity index (χ0) is 19.2. The molecule has 6 heteroatoms. The molecule has 0 saturated carbocycles. The molecule has 0 atom stereocenters. The average molecular weight is 369 g/mol. The van der Waals surface area contributed by atoms with Gasteiger partial charge in [0, 0.05) is 16.8 Å². The summed E-state index contributed by atoms with van der Waals surface area (Å²) in [5, 5.41) is 2.76. The van der Waals surface area contributed by atoms with Crippen LogP contribution in [0.1, 0.15) is 10.4 Å². The number of hydrogen-bond acceptors (Lipinski definition) is 3. The lowest BCUT2D eigenvalue weighted by Crippen LogP contribution is -2.12. The van der Waals surface area contributed by atoms with Crippen LogP contribution in [-0.2, 0) is 0 Å². The number of methoxy groups -OCH3 is 1. The van der Waals surface area contributed by atoms with Gasteiger partial charge >= 0.3 is 6.61 Å². The van der Waals surface area contributed by atoms with E-state index in [1.165, 1.54) is 12.1 Å². The Morgan fingerprint density at radius 2 is 1.67 bits per heavy atom. The quantitative estimate of drug-likeness (QED) is 0.648. The Kier molecular flexibility index (Phi) is 5.66. The van der Waals surface area contributed by atoms with Gasteiger partial charge in [-0.05, 0) is 48.0 Å². The first-order valence-corrected chi connectivity index (χ1v) is 8.16. The topological polar surface area (TPSA) is 47.6 Å². The van der Waals surface area contributed by atoms with Gasteiger partial charge < -0.3 is 14.8 Å². The number of ether oxygens (including phenoxy) is 2. The highest BCUT2D eigenvalue weighted by Crippen LogP contribution is 2.34. The van der Waals surface area contributed by atoms with Crippen LogP contribution in [0.3, 0.4) is 0 Å². The predicted molar refractivity (Wildman–Crippen MR) is 99.5 cm³/mol. The standard InChI is InChI=1S/C21H17F2NO3/c1-26-17-10-7-14(8-11-17)18-13-16(9-12-19(18)27-21(22)23)24-20(25)15-5-3-2-4-6-15/h2-13,21H,1H3,(H,24,25). The van der Waals surface area contributed by atoms with Gasteiger partial charge in [-0.1, -0.05) is 30.3 Å². The molecule has 0 bridgehead atoms. The van der Waals surface area contributed by atoms with E-state index in [1.54, 1.807) is 61.7 Å². The van der Waals surface area contributed by atoms with Crippen LogP contribution in [0.2, 0.25) is 0 Å². The Labute approximate surface area is 155 Å². The number of carbonyl (C=O) groups excluding carboxylic acids is 1. The van der Waals surface area contributed by atoms with Gasteiger partial charge in [-0.2, -0.15) is 8.78 Å². The van der Waals surface area contributed by atoms with Crippen LogP contribution in [0.5, 0.6) is 11.5 Å². The zero-order valence-corrected chi connectivity index (χ0v) is 14.5. The van der Waals surface area contributed by atoms with Crippen molar-refractivity contribution in [1.29, 1.82) is 0 Å². The van der Waals surface area contributed by atoms with Gasteiger partial charge in [-0.25, -0.2) is 0 Å². The Hall–Kier alpha value is -3.41. The molecule has 0 fully saturated rings. The van der Waals surface area contributed by atoms with Crippen molar-refractivity contribution in [3.63, 3.8) is 0 Å². The molecule has 3 aromatic rings. The summed E-state index contributed by atoms with van der Waals surface area (Å²) in [6.45, 7) is -2.95. The second kappa shape index (κ2) is 8.31. The molecule has 0 heterocycles. The minimum atomic E-state index is -2.95. The van der Waals surface area contributed by atoms with Gasteiger partial charge in [0.15, 0.2) is 0 Å². The highest BCUT2D eigenvalue weighted by atomic mass is 19.3. The smallest absolute Gasteiger partial charge is 0.387 e. The summed E-state index contributed by atoms with van der Waals surface area (Å²) in [5.74, 6) is 0.371. The van der Waals surface area contributed by atoms with Crippen molar-refractivity contribution in [2.75, 3.05) is 12.4 Å². The molecule has 1 N–H and O–H groups in total. The summed E-state index contributed by atoms with van der Waals surface area (Å²) in [6.07, 6.45) is 0. The first-order valence-electron chi connectivity index (χ1n) is 8.16. The van der Waals surface area contributed by atoms with Crippen molar-refractivity contribution < 1.29 is 23.0 Å². The first kappa shape index (κ1) is 18.4.